The maximum Gasteiger partial charge on any atom is 0.313 e. The first-order chi connectivity index (χ1) is 34.2. The summed E-state index contributed by atoms with van der Waals surface area (Å²) in [5.74, 6) is 4.16. The van der Waals surface area contributed by atoms with Gasteiger partial charge in [0.25, 0.3) is 5.91 Å². The number of primary amides is 1. The van der Waals surface area contributed by atoms with Crippen molar-refractivity contribution in [1.82, 2.24) is 39.8 Å². The van der Waals surface area contributed by atoms with Crippen LogP contribution in [0.1, 0.15) is 75.7 Å². The van der Waals surface area contributed by atoms with Gasteiger partial charge in [0.05, 0.1) is 35.9 Å². The average molecular weight is 1010 g/mol. The van der Waals surface area contributed by atoms with E-state index >= 15 is 0 Å². The van der Waals surface area contributed by atoms with E-state index in [2.05, 4.69) is 55.7 Å². The normalized spacial score (nSPS) is 15.9. The number of carbonyl (C=O) groups excluding carboxylic acids is 4. The van der Waals surface area contributed by atoms with Crippen LogP contribution in [0.4, 0.5) is 4.39 Å². The monoisotopic (exact) mass is 1010 g/mol. The molecule has 0 aliphatic carbocycles. The molecule has 4 amide bonds. The van der Waals surface area contributed by atoms with Crippen LogP contribution in [-0.2, 0) is 25.5 Å². The number of ether oxygens (including phenoxy) is 1. The largest absolute Gasteiger partial charge is 0.481 e. The molecule has 0 atom stereocenters. The molecule has 3 aliphatic heterocycles. The summed E-state index contributed by atoms with van der Waals surface area (Å²) in [5.41, 5.74) is 6.71. The van der Waals surface area contributed by atoms with Crippen molar-refractivity contribution < 1.29 is 38.2 Å². The number of nitrogens with one attached hydrogen (secondary N) is 2. The van der Waals surface area contributed by atoms with Gasteiger partial charge in [0, 0.05) is 94.1 Å². The Labute approximate surface area is 423 Å². The molecule has 0 bridgehead atoms. The molecule has 5 N–H and O–H groups in total. The number of thiophene rings is 1. The molecule has 5 heterocycles. The van der Waals surface area contributed by atoms with Crippen LogP contribution in [0, 0.1) is 35.9 Å². The number of nitrogens with zero attached hydrogens (tertiary/aromatic N) is 7. The van der Waals surface area contributed by atoms with Crippen molar-refractivity contribution in [2.45, 2.75) is 51.5 Å². The number of rotatable bonds is 18. The highest BCUT2D eigenvalue weighted by Gasteiger charge is 2.30. The minimum Gasteiger partial charge on any atom is -0.481 e. The summed E-state index contributed by atoms with van der Waals surface area (Å²) in [6.45, 7) is 15.5. The number of aromatic nitrogens is 2. The average Bonchev–Trinajstić information content (AvgIpc) is 3.77. The number of aryl methyl sites for hydroxylation is 1. The Hall–Kier alpha value is -5.82. The number of thioether (sulfide) groups is 1. The van der Waals surface area contributed by atoms with E-state index in [-0.39, 0.29) is 54.0 Å². The molecular weight excluding hydrogens is 948 g/mol. The van der Waals surface area contributed by atoms with Gasteiger partial charge in [-0.1, -0.05) is 68.1 Å². The van der Waals surface area contributed by atoms with Gasteiger partial charge >= 0.3 is 5.97 Å². The highest BCUT2D eigenvalue weighted by molar-refractivity contribution is 8.00. The highest BCUT2D eigenvalue weighted by Crippen LogP contribution is 2.31. The second kappa shape index (κ2) is 27.1. The summed E-state index contributed by atoms with van der Waals surface area (Å²) in [6, 6.07) is 12.6. The SMILES string of the molecule is CCC.Cc1nc(SCC(=O)O)c2cc(C#CCNC(=O)COCCN3CCN(CC4CCN(CC(=O)N5CCN(C(=O)c6cc(CC(=N)c7ccccc7C(N)=O)ccc6F)CC5)CC4)CC3)sc2n1. The summed E-state index contributed by atoms with van der Waals surface area (Å²) in [5, 5.41) is 21.8. The van der Waals surface area contributed by atoms with E-state index in [1.54, 1.807) is 41.0 Å². The molecule has 380 valence electrons. The van der Waals surface area contributed by atoms with Crippen molar-refractivity contribution in [2.24, 2.45) is 11.7 Å². The lowest BCUT2D eigenvalue weighted by Gasteiger charge is -2.39. The van der Waals surface area contributed by atoms with Gasteiger partial charge in [0.2, 0.25) is 17.7 Å². The number of likely N-dealkylation sites (tertiary alicyclic amines) is 1. The molecule has 0 radical (unpaired) electrons. The second-order valence-electron chi connectivity index (χ2n) is 17.8. The number of aliphatic carboxylic acids is 1. The number of benzene rings is 2. The topological polar surface area (TPSA) is 219 Å². The van der Waals surface area contributed by atoms with Gasteiger partial charge in [-0.2, -0.15) is 0 Å². The van der Waals surface area contributed by atoms with Crippen LogP contribution in [0.5, 0.6) is 0 Å². The molecule has 0 unspecified atom stereocenters. The van der Waals surface area contributed by atoms with Gasteiger partial charge in [-0.25, -0.2) is 14.4 Å². The lowest BCUT2D eigenvalue weighted by molar-refractivity contribution is -0.135. The molecule has 17 nitrogen and oxygen atoms in total. The first-order valence-electron chi connectivity index (χ1n) is 24.2. The van der Waals surface area contributed by atoms with E-state index in [1.807, 2.05) is 6.07 Å². The van der Waals surface area contributed by atoms with Crippen molar-refractivity contribution in [3.05, 3.63) is 87.3 Å². The number of piperidine rings is 1. The number of fused-ring (bicyclic) bond motifs is 1. The maximum absolute atomic E-state index is 15.0. The number of halogens is 1. The molecule has 2 aromatic heterocycles. The minimum atomic E-state index is -0.917. The van der Waals surface area contributed by atoms with Gasteiger partial charge in [-0.05, 0) is 68.6 Å². The zero-order valence-electron chi connectivity index (χ0n) is 40.8. The minimum absolute atomic E-state index is 0.0334. The van der Waals surface area contributed by atoms with Crippen molar-refractivity contribution in [3.63, 3.8) is 0 Å². The summed E-state index contributed by atoms with van der Waals surface area (Å²) in [6.07, 6.45) is 3.38. The quantitative estimate of drug-likeness (QED) is 0.0361. The molecule has 3 fully saturated rings. The zero-order valence-corrected chi connectivity index (χ0v) is 42.5. The third-order valence-corrected chi connectivity index (χ3v) is 14.2. The van der Waals surface area contributed by atoms with Gasteiger partial charge in [0.15, 0.2) is 0 Å². The van der Waals surface area contributed by atoms with Crippen LogP contribution >= 0.6 is 23.1 Å². The molecule has 0 saturated carbocycles. The Morgan fingerprint density at radius 3 is 2.27 bits per heavy atom. The lowest BCUT2D eigenvalue weighted by Crippen LogP contribution is -2.53. The Balaban J connectivity index is 0.00000268. The molecular formula is C51H65FN10O7S2. The number of piperazine rings is 2. The fraction of sp³-hybridized carbons (Fsp3) is 0.490. The molecule has 4 aromatic rings. The van der Waals surface area contributed by atoms with Gasteiger partial charge < -0.3 is 41.0 Å². The first kappa shape index (κ1) is 54.5. The lowest BCUT2D eigenvalue weighted by atomic mass is 9.96. The Kier molecular flexibility index (Phi) is 20.8. The van der Waals surface area contributed by atoms with Crippen LogP contribution in [0.2, 0.25) is 0 Å². The summed E-state index contributed by atoms with van der Waals surface area (Å²) >= 11 is 2.55. The number of hydrogen-bond acceptors (Lipinski definition) is 14. The van der Waals surface area contributed by atoms with Crippen LogP contribution in [0.25, 0.3) is 10.2 Å². The van der Waals surface area contributed by atoms with E-state index in [1.165, 1.54) is 36.0 Å². The van der Waals surface area contributed by atoms with Gasteiger partial charge in [-0.3, -0.25) is 33.8 Å². The van der Waals surface area contributed by atoms with Crippen LogP contribution in [0.3, 0.4) is 0 Å². The molecule has 71 heavy (non-hydrogen) atoms. The molecule has 3 aliphatic rings. The van der Waals surface area contributed by atoms with E-state index in [0.29, 0.717) is 67.2 Å². The first-order valence-corrected chi connectivity index (χ1v) is 26.0. The summed E-state index contributed by atoms with van der Waals surface area (Å²) < 4.78 is 20.6. The predicted octanol–water partition coefficient (Wildman–Crippen LogP) is 4.24. The van der Waals surface area contributed by atoms with Gasteiger partial charge in [0.1, 0.15) is 28.1 Å². The van der Waals surface area contributed by atoms with Crippen molar-refractivity contribution in [2.75, 3.05) is 111 Å². The van der Waals surface area contributed by atoms with Crippen LogP contribution in [0.15, 0.2) is 53.6 Å². The van der Waals surface area contributed by atoms with E-state index in [4.69, 9.17) is 21.0 Å². The third kappa shape index (κ3) is 16.4. The molecule has 2 aromatic carbocycles. The van der Waals surface area contributed by atoms with E-state index in [9.17, 15) is 28.4 Å². The molecule has 20 heteroatoms. The smallest absolute Gasteiger partial charge is 0.313 e. The Bertz CT molecular complexity index is 2580. The standard InChI is InChI=1S/C48H57FN10O7S2.C3H8/c1-32-53-46(67-31-44(62)63)39-27-35(68-47(39)54-32)5-4-12-52-42(60)30-66-24-23-55-15-17-57(18-16-55)28-33-10-13-56(14-11-33)29-43(61)58-19-21-59(22-20-58)48(65)38-25-34(8-9-40(38)49)26-41(50)36-6-2-3-7-37(36)45(51)64;1-3-2/h2-3,6-9,25,27,33,50H,10-24,26,28-31H2,1H3,(H2,51,64)(H,52,60)(H,62,63);3H2,1-2H3. The Morgan fingerprint density at radius 1 is 0.901 bits per heavy atom. The van der Waals surface area contributed by atoms with Gasteiger partial charge in [-0.15, -0.1) is 11.3 Å². The highest BCUT2D eigenvalue weighted by atomic mass is 32.2. The van der Waals surface area contributed by atoms with E-state index in [0.717, 1.165) is 92.1 Å². The van der Waals surface area contributed by atoms with Crippen molar-refractivity contribution in [3.8, 4) is 11.8 Å². The fourth-order valence-electron chi connectivity index (χ4n) is 8.60. The number of carboxylic acid groups (broad SMARTS) is 1. The number of amides is 4. The summed E-state index contributed by atoms with van der Waals surface area (Å²) in [4.78, 5) is 82.8. The fourth-order valence-corrected chi connectivity index (χ4v) is 10.4. The second-order valence-corrected chi connectivity index (χ2v) is 19.8. The summed E-state index contributed by atoms with van der Waals surface area (Å²) in [7, 11) is 0. The predicted molar refractivity (Wildman–Crippen MR) is 274 cm³/mol. The maximum atomic E-state index is 15.0. The van der Waals surface area contributed by atoms with Crippen molar-refractivity contribution >= 4 is 68.6 Å². The molecule has 0 spiro atoms. The van der Waals surface area contributed by atoms with Crippen LogP contribution < -0.4 is 11.1 Å². The van der Waals surface area contributed by atoms with E-state index < -0.39 is 23.6 Å². The van der Waals surface area contributed by atoms with Crippen LogP contribution in [-0.4, -0.2) is 185 Å². The number of hydrogen-bond donors (Lipinski definition) is 4. The number of carboxylic acids is 1. The zero-order chi connectivity index (χ0) is 50.9. The Morgan fingerprint density at radius 2 is 1.58 bits per heavy atom. The number of carbonyl (C=O) groups is 5. The molecule has 3 saturated heterocycles. The third-order valence-electron chi connectivity index (χ3n) is 12.3. The molecule has 7 rings (SSSR count). The van der Waals surface area contributed by atoms with Crippen molar-refractivity contribution in [1.29, 1.82) is 5.41 Å². The number of nitrogens with two attached hydrogens (primary N) is 1.